The van der Waals surface area contributed by atoms with Crippen molar-refractivity contribution < 1.29 is 40.7 Å². The van der Waals surface area contributed by atoms with Crippen molar-refractivity contribution in [2.24, 2.45) is 0 Å². The highest BCUT2D eigenvalue weighted by Gasteiger charge is 2.38. The summed E-state index contributed by atoms with van der Waals surface area (Å²) < 4.78 is 85.5. The van der Waals surface area contributed by atoms with Crippen molar-refractivity contribution in [3.8, 4) is 0 Å². The first kappa shape index (κ1) is 35.0. The summed E-state index contributed by atoms with van der Waals surface area (Å²) >= 11 is 0. The largest absolute Gasteiger partial charge is 0.423 e. The minimum atomic E-state index is -4.96. The number of halogens is 6. The molecule has 12 nitrogen and oxygen atoms in total. The van der Waals surface area contributed by atoms with Gasteiger partial charge < -0.3 is 20.3 Å². The van der Waals surface area contributed by atoms with E-state index in [0.29, 0.717) is 49.6 Å². The van der Waals surface area contributed by atoms with E-state index in [4.69, 9.17) is 9.57 Å². The Morgan fingerprint density at radius 3 is 2.27 bits per heavy atom. The van der Waals surface area contributed by atoms with Gasteiger partial charge in [-0.2, -0.15) is 31.4 Å². The van der Waals surface area contributed by atoms with Gasteiger partial charge in [-0.1, -0.05) is 19.6 Å². The lowest BCUT2D eigenvalue weighted by atomic mass is 10.1. The van der Waals surface area contributed by atoms with Crippen molar-refractivity contribution in [2.75, 3.05) is 36.5 Å². The Morgan fingerprint density at radius 2 is 1.70 bits per heavy atom. The van der Waals surface area contributed by atoms with Gasteiger partial charge >= 0.3 is 18.4 Å². The number of ether oxygens (including phenoxy) is 1. The van der Waals surface area contributed by atoms with E-state index in [9.17, 15) is 35.9 Å². The van der Waals surface area contributed by atoms with Gasteiger partial charge in [0.25, 0.3) is 5.56 Å². The fourth-order valence-electron chi connectivity index (χ4n) is 4.10. The molecular formula is C25H36F6N8O4Si. The van der Waals surface area contributed by atoms with E-state index in [-0.39, 0.29) is 18.6 Å². The first-order valence-corrected chi connectivity index (χ1v) is 17.5. The molecule has 0 radical (unpaired) electrons. The Morgan fingerprint density at radius 1 is 1.07 bits per heavy atom. The van der Waals surface area contributed by atoms with Crippen LogP contribution in [0, 0.1) is 0 Å². The van der Waals surface area contributed by atoms with Crippen molar-refractivity contribution in [3.05, 3.63) is 40.1 Å². The van der Waals surface area contributed by atoms with E-state index in [0.717, 1.165) is 12.2 Å². The SMILES string of the molecule is C[C@@H](CONC(=O)NC1CCN(c2ncc(C(F)(F)F)cn2)CC1)Nc1cnn(COCC[Si](C)(C)C)c(=O)c1C(F)(F)F. The minimum Gasteiger partial charge on any atom is -0.378 e. The predicted molar refractivity (Wildman–Crippen MR) is 151 cm³/mol. The van der Waals surface area contributed by atoms with E-state index >= 15 is 0 Å². The van der Waals surface area contributed by atoms with Gasteiger partial charge in [0.05, 0.1) is 24.1 Å². The molecule has 1 aliphatic heterocycles. The second-order valence-corrected chi connectivity index (χ2v) is 17.2. The molecule has 0 bridgehead atoms. The Balaban J connectivity index is 1.44. The van der Waals surface area contributed by atoms with Gasteiger partial charge in [0.15, 0.2) is 0 Å². The molecule has 1 aliphatic rings. The number of aromatic nitrogens is 4. The molecule has 2 aromatic rings. The van der Waals surface area contributed by atoms with Crippen LogP contribution in [0.3, 0.4) is 0 Å². The summed E-state index contributed by atoms with van der Waals surface area (Å²) in [7, 11) is -1.42. The number of urea groups is 1. The van der Waals surface area contributed by atoms with Crippen LogP contribution in [0.5, 0.6) is 0 Å². The van der Waals surface area contributed by atoms with Crippen LogP contribution in [0.25, 0.3) is 0 Å². The molecule has 0 aromatic carbocycles. The third-order valence-corrected chi connectivity index (χ3v) is 8.22. The van der Waals surface area contributed by atoms with Crippen molar-refractivity contribution in [1.82, 2.24) is 30.5 Å². The normalized spacial score (nSPS) is 15.6. The smallest absolute Gasteiger partial charge is 0.378 e. The number of hydrogen-bond donors (Lipinski definition) is 3. The van der Waals surface area contributed by atoms with Crippen LogP contribution >= 0.6 is 0 Å². The third-order valence-electron chi connectivity index (χ3n) is 6.52. The summed E-state index contributed by atoms with van der Waals surface area (Å²) in [6.45, 7) is 8.26. The van der Waals surface area contributed by atoms with Gasteiger partial charge in [-0.05, 0) is 25.8 Å². The third kappa shape index (κ3) is 10.6. The molecule has 0 spiro atoms. The molecule has 1 atom stereocenters. The van der Waals surface area contributed by atoms with E-state index < -0.39 is 61.6 Å². The number of rotatable bonds is 12. The van der Waals surface area contributed by atoms with Crippen molar-refractivity contribution in [2.45, 2.75) is 76.6 Å². The fourth-order valence-corrected chi connectivity index (χ4v) is 4.86. The Kier molecular flexibility index (Phi) is 11.6. The number of amides is 2. The van der Waals surface area contributed by atoms with Crippen LogP contribution in [0.4, 0.5) is 42.8 Å². The molecule has 19 heteroatoms. The van der Waals surface area contributed by atoms with E-state index in [2.05, 4.69) is 50.8 Å². The van der Waals surface area contributed by atoms with Gasteiger partial charge in [-0.3, -0.25) is 9.63 Å². The molecule has 3 N–H and O–H groups in total. The molecule has 0 saturated carbocycles. The maximum absolute atomic E-state index is 13.8. The zero-order chi connectivity index (χ0) is 32.7. The molecule has 0 aliphatic carbocycles. The summed E-state index contributed by atoms with van der Waals surface area (Å²) in [5.74, 6) is 0.151. The molecule has 246 valence electrons. The highest BCUT2D eigenvalue weighted by molar-refractivity contribution is 6.76. The molecule has 44 heavy (non-hydrogen) atoms. The van der Waals surface area contributed by atoms with E-state index in [1.54, 1.807) is 4.90 Å². The number of nitrogens with zero attached hydrogens (tertiary/aromatic N) is 5. The average molecular weight is 655 g/mol. The Labute approximate surface area is 250 Å². The van der Waals surface area contributed by atoms with Gasteiger partial charge in [-0.25, -0.2) is 24.9 Å². The molecule has 2 amide bonds. The number of carbonyl (C=O) groups excluding carboxylic acids is 1. The summed E-state index contributed by atoms with van der Waals surface area (Å²) in [5, 5.41) is 9.04. The van der Waals surface area contributed by atoms with Crippen LogP contribution in [-0.4, -0.2) is 72.2 Å². The maximum atomic E-state index is 13.8. The van der Waals surface area contributed by atoms with Crippen molar-refractivity contribution in [3.63, 3.8) is 0 Å². The molecule has 1 fully saturated rings. The molecule has 2 aromatic heterocycles. The van der Waals surface area contributed by atoms with Gasteiger partial charge in [-0.15, -0.1) is 0 Å². The van der Waals surface area contributed by atoms with E-state index in [1.165, 1.54) is 6.92 Å². The maximum Gasteiger partial charge on any atom is 0.423 e. The lowest BCUT2D eigenvalue weighted by Crippen LogP contribution is -2.48. The van der Waals surface area contributed by atoms with Gasteiger partial charge in [0, 0.05) is 52.2 Å². The van der Waals surface area contributed by atoms with Crippen LogP contribution in [-0.2, 0) is 28.7 Å². The quantitative estimate of drug-likeness (QED) is 0.134. The molecule has 0 unspecified atom stereocenters. The van der Waals surface area contributed by atoms with Crippen molar-refractivity contribution >= 4 is 25.7 Å². The van der Waals surface area contributed by atoms with Crippen LogP contribution in [0.15, 0.2) is 23.4 Å². The zero-order valence-electron chi connectivity index (χ0n) is 24.7. The Hall–Kier alpha value is -3.45. The van der Waals surface area contributed by atoms with Crippen LogP contribution < -0.4 is 26.6 Å². The molecular weight excluding hydrogens is 618 g/mol. The number of anilines is 2. The second-order valence-electron chi connectivity index (χ2n) is 11.5. The highest BCUT2D eigenvalue weighted by Crippen LogP contribution is 2.32. The first-order chi connectivity index (χ1) is 20.4. The molecule has 1 saturated heterocycles. The van der Waals surface area contributed by atoms with E-state index in [1.807, 2.05) is 0 Å². The average Bonchev–Trinajstić information content (AvgIpc) is 2.91. The van der Waals surface area contributed by atoms with Crippen molar-refractivity contribution in [1.29, 1.82) is 0 Å². The predicted octanol–water partition coefficient (Wildman–Crippen LogP) is 4.08. The lowest BCUT2D eigenvalue weighted by molar-refractivity contribution is -0.139. The number of carbonyl (C=O) groups is 1. The second kappa shape index (κ2) is 14.6. The Bertz CT molecular complexity index is 1300. The summed E-state index contributed by atoms with van der Waals surface area (Å²) in [5.41, 5.74) is -2.10. The number of hydrogen-bond acceptors (Lipinski definition) is 9. The number of nitrogens with one attached hydrogen (secondary N) is 3. The zero-order valence-corrected chi connectivity index (χ0v) is 25.7. The summed E-state index contributed by atoms with van der Waals surface area (Å²) in [6, 6.07) is -0.951. The standard InChI is InChI=1S/C25H36F6N8O4Si/c1-16(35-19-13-34-39(15-42-9-10-44(2,3)4)21(40)20(19)25(29,30)31)14-43-37-23(41)36-18-5-7-38(8-6-18)22-32-11-17(12-33-22)24(26,27)28/h11-13,16,18,35H,5-10,14-15H2,1-4H3,(H2,36,37,41)/t16-/m0/s1. The van der Waals surface area contributed by atoms with Crippen LogP contribution in [0.2, 0.25) is 25.7 Å². The number of hydroxylamine groups is 1. The number of alkyl halides is 6. The molecule has 3 rings (SSSR count). The van der Waals surface area contributed by atoms with Gasteiger partial charge in [0.2, 0.25) is 5.95 Å². The lowest BCUT2D eigenvalue weighted by Gasteiger charge is -2.32. The fraction of sp³-hybridized carbons (Fsp3) is 0.640. The first-order valence-electron chi connectivity index (χ1n) is 13.8. The number of piperidine rings is 1. The van der Waals surface area contributed by atoms with Gasteiger partial charge in [0.1, 0.15) is 12.3 Å². The summed E-state index contributed by atoms with van der Waals surface area (Å²) in [6.07, 6.45) is -6.26. The van der Waals surface area contributed by atoms with Crippen LogP contribution in [0.1, 0.15) is 30.9 Å². The monoisotopic (exact) mass is 654 g/mol. The minimum absolute atomic E-state index is 0.151. The summed E-state index contributed by atoms with van der Waals surface area (Å²) in [4.78, 5) is 39.2. The molecule has 3 heterocycles. The highest BCUT2D eigenvalue weighted by atomic mass is 28.3. The topological polar surface area (TPSA) is 136 Å².